The van der Waals surface area contributed by atoms with E-state index in [9.17, 15) is 14.0 Å². The van der Waals surface area contributed by atoms with E-state index in [1.807, 2.05) is 11.0 Å². The molecule has 1 spiro atoms. The lowest BCUT2D eigenvalue weighted by Crippen LogP contribution is -2.40. The van der Waals surface area contributed by atoms with E-state index in [1.54, 1.807) is 11.0 Å². The molecule has 0 bridgehead atoms. The van der Waals surface area contributed by atoms with Gasteiger partial charge in [0.25, 0.3) is 0 Å². The minimum Gasteiger partial charge on any atom is -0.381 e. The Morgan fingerprint density at radius 3 is 2.92 bits per heavy atom. The topological polar surface area (TPSA) is 49.9 Å². The molecule has 0 radical (unpaired) electrons. The number of ether oxygens (including phenoxy) is 1. The molecule has 134 valence electrons. The predicted molar refractivity (Wildman–Crippen MR) is 89.0 cm³/mol. The number of nitrogens with zero attached hydrogens (tertiary/aromatic N) is 2. The highest BCUT2D eigenvalue weighted by atomic mass is 19.1. The Hall–Kier alpha value is -1.95. The first kappa shape index (κ1) is 16.5. The average Bonchev–Trinajstić information content (AvgIpc) is 3.33. The van der Waals surface area contributed by atoms with Crippen molar-refractivity contribution < 1.29 is 18.7 Å². The molecule has 1 aromatic carbocycles. The van der Waals surface area contributed by atoms with E-state index in [0.717, 1.165) is 24.8 Å². The minimum absolute atomic E-state index is 0.0462. The second kappa shape index (κ2) is 6.41. The molecule has 3 heterocycles. The van der Waals surface area contributed by atoms with Crippen LogP contribution in [0.1, 0.15) is 24.8 Å². The number of carbonyl (C=O) groups excluding carboxylic acids is 2. The van der Waals surface area contributed by atoms with Gasteiger partial charge in [-0.3, -0.25) is 9.59 Å². The number of likely N-dealkylation sites (tertiary alicyclic amines) is 2. The standard InChI is InChI=1S/C19H23FN2O3/c20-16-3-1-2-14(10-16)11-21-7-5-19(18(21)24)6-8-22(13-19)17(23)15-4-9-25-12-15/h1-3,10,15H,4-9,11-13H2/t15-,19-/m0/s1. The van der Waals surface area contributed by atoms with Crippen molar-refractivity contribution in [1.82, 2.24) is 9.80 Å². The molecular formula is C19H23FN2O3. The number of amides is 2. The Morgan fingerprint density at radius 1 is 1.32 bits per heavy atom. The average molecular weight is 346 g/mol. The Morgan fingerprint density at radius 2 is 2.16 bits per heavy atom. The monoisotopic (exact) mass is 346 g/mol. The van der Waals surface area contributed by atoms with Crippen LogP contribution in [0.5, 0.6) is 0 Å². The number of benzene rings is 1. The molecule has 25 heavy (non-hydrogen) atoms. The normalized spacial score (nSPS) is 29.2. The molecule has 6 heteroatoms. The van der Waals surface area contributed by atoms with E-state index >= 15 is 0 Å². The van der Waals surface area contributed by atoms with Crippen LogP contribution in [0.25, 0.3) is 0 Å². The summed E-state index contributed by atoms with van der Waals surface area (Å²) in [6.07, 6.45) is 2.28. The van der Waals surface area contributed by atoms with Gasteiger partial charge in [-0.25, -0.2) is 4.39 Å². The van der Waals surface area contributed by atoms with Gasteiger partial charge in [0.05, 0.1) is 17.9 Å². The van der Waals surface area contributed by atoms with E-state index in [2.05, 4.69) is 0 Å². The molecule has 2 atom stereocenters. The van der Waals surface area contributed by atoms with Crippen LogP contribution in [-0.4, -0.2) is 54.5 Å². The van der Waals surface area contributed by atoms with Crippen LogP contribution in [0.15, 0.2) is 24.3 Å². The molecule has 1 aromatic rings. The fourth-order valence-corrected chi connectivity index (χ4v) is 4.33. The Bertz CT molecular complexity index is 689. The SMILES string of the molecule is O=C([C@H]1CCOC1)N1CC[C@@]2(CCN(Cc3cccc(F)c3)C2=O)C1. The molecule has 3 aliphatic heterocycles. The first-order valence-corrected chi connectivity index (χ1v) is 8.98. The first-order chi connectivity index (χ1) is 12.1. The maximum absolute atomic E-state index is 13.4. The molecule has 5 nitrogen and oxygen atoms in total. The molecule has 4 rings (SSSR count). The second-order valence-corrected chi connectivity index (χ2v) is 7.46. The number of carbonyl (C=O) groups is 2. The fraction of sp³-hybridized carbons (Fsp3) is 0.579. The molecule has 0 unspecified atom stereocenters. The van der Waals surface area contributed by atoms with Crippen LogP contribution in [0.4, 0.5) is 4.39 Å². The number of hydrogen-bond acceptors (Lipinski definition) is 3. The highest BCUT2D eigenvalue weighted by Crippen LogP contribution is 2.41. The fourth-order valence-electron chi connectivity index (χ4n) is 4.33. The summed E-state index contributed by atoms with van der Waals surface area (Å²) in [6, 6.07) is 6.39. The summed E-state index contributed by atoms with van der Waals surface area (Å²) < 4.78 is 18.7. The third kappa shape index (κ3) is 3.03. The van der Waals surface area contributed by atoms with Crippen molar-refractivity contribution in [3.05, 3.63) is 35.6 Å². The largest absolute Gasteiger partial charge is 0.381 e. The van der Waals surface area contributed by atoms with Gasteiger partial charge in [0.1, 0.15) is 5.82 Å². The van der Waals surface area contributed by atoms with Crippen LogP contribution >= 0.6 is 0 Å². The first-order valence-electron chi connectivity index (χ1n) is 8.98. The maximum Gasteiger partial charge on any atom is 0.231 e. The van der Waals surface area contributed by atoms with E-state index in [1.165, 1.54) is 12.1 Å². The molecule has 3 fully saturated rings. The Balaban J connectivity index is 1.42. The van der Waals surface area contributed by atoms with Crippen LogP contribution < -0.4 is 0 Å². The van der Waals surface area contributed by atoms with Gasteiger partial charge in [-0.05, 0) is 37.0 Å². The molecule has 0 aliphatic carbocycles. The van der Waals surface area contributed by atoms with E-state index < -0.39 is 5.41 Å². The third-order valence-corrected chi connectivity index (χ3v) is 5.81. The van der Waals surface area contributed by atoms with Crippen molar-refractivity contribution in [2.75, 3.05) is 32.8 Å². The van der Waals surface area contributed by atoms with Gasteiger partial charge in [0.15, 0.2) is 0 Å². The van der Waals surface area contributed by atoms with Gasteiger partial charge in [-0.1, -0.05) is 12.1 Å². The Labute approximate surface area is 146 Å². The number of rotatable bonds is 3. The maximum atomic E-state index is 13.4. The quantitative estimate of drug-likeness (QED) is 0.839. The Kier molecular flexibility index (Phi) is 4.23. The summed E-state index contributed by atoms with van der Waals surface area (Å²) in [5.74, 6) is -0.0918. The zero-order valence-corrected chi connectivity index (χ0v) is 14.2. The molecule has 3 aliphatic rings. The van der Waals surface area contributed by atoms with E-state index in [4.69, 9.17) is 4.74 Å². The lowest BCUT2D eigenvalue weighted by Gasteiger charge is -2.25. The summed E-state index contributed by atoms with van der Waals surface area (Å²) in [4.78, 5) is 29.2. The summed E-state index contributed by atoms with van der Waals surface area (Å²) in [6.45, 7) is 3.42. The third-order valence-electron chi connectivity index (χ3n) is 5.81. The molecule has 0 aromatic heterocycles. The minimum atomic E-state index is -0.442. The van der Waals surface area contributed by atoms with Gasteiger partial charge in [-0.15, -0.1) is 0 Å². The summed E-state index contributed by atoms with van der Waals surface area (Å²) in [5, 5.41) is 0. The van der Waals surface area contributed by atoms with Gasteiger partial charge in [-0.2, -0.15) is 0 Å². The van der Waals surface area contributed by atoms with Gasteiger partial charge in [0.2, 0.25) is 11.8 Å². The van der Waals surface area contributed by atoms with Gasteiger partial charge >= 0.3 is 0 Å². The van der Waals surface area contributed by atoms with E-state index in [0.29, 0.717) is 39.4 Å². The van der Waals surface area contributed by atoms with Crippen molar-refractivity contribution in [1.29, 1.82) is 0 Å². The van der Waals surface area contributed by atoms with E-state index in [-0.39, 0.29) is 23.5 Å². The van der Waals surface area contributed by atoms with Crippen molar-refractivity contribution in [2.45, 2.75) is 25.8 Å². The van der Waals surface area contributed by atoms with Gasteiger partial charge < -0.3 is 14.5 Å². The van der Waals surface area contributed by atoms with Crippen molar-refractivity contribution in [2.24, 2.45) is 11.3 Å². The van der Waals surface area contributed by atoms with Crippen molar-refractivity contribution in [3.63, 3.8) is 0 Å². The van der Waals surface area contributed by atoms with Crippen LogP contribution in [0.3, 0.4) is 0 Å². The highest BCUT2D eigenvalue weighted by Gasteiger charge is 2.52. The van der Waals surface area contributed by atoms with Gasteiger partial charge in [0, 0.05) is 32.8 Å². The molecule has 2 amide bonds. The highest BCUT2D eigenvalue weighted by molar-refractivity contribution is 5.87. The van der Waals surface area contributed by atoms with Crippen LogP contribution in [-0.2, 0) is 20.9 Å². The van der Waals surface area contributed by atoms with Crippen LogP contribution in [0.2, 0.25) is 0 Å². The zero-order valence-electron chi connectivity index (χ0n) is 14.2. The van der Waals surface area contributed by atoms with Crippen molar-refractivity contribution >= 4 is 11.8 Å². The molecular weight excluding hydrogens is 323 g/mol. The zero-order chi connectivity index (χ0) is 17.4. The smallest absolute Gasteiger partial charge is 0.231 e. The van der Waals surface area contributed by atoms with Crippen LogP contribution in [0, 0.1) is 17.2 Å². The molecule has 0 N–H and O–H groups in total. The summed E-state index contributed by atoms with van der Waals surface area (Å²) in [7, 11) is 0. The number of halogens is 1. The number of hydrogen-bond donors (Lipinski definition) is 0. The summed E-state index contributed by atoms with van der Waals surface area (Å²) in [5.41, 5.74) is 0.363. The predicted octanol–water partition coefficient (Wildman–Crippen LogP) is 1.81. The molecule has 0 saturated carbocycles. The van der Waals surface area contributed by atoms with Crippen molar-refractivity contribution in [3.8, 4) is 0 Å². The lowest BCUT2D eigenvalue weighted by atomic mass is 9.85. The lowest BCUT2D eigenvalue weighted by molar-refractivity contribution is -0.138. The molecule has 3 saturated heterocycles. The summed E-state index contributed by atoms with van der Waals surface area (Å²) >= 11 is 0. The second-order valence-electron chi connectivity index (χ2n) is 7.46.